The number of azide groups is 1. The van der Waals surface area contributed by atoms with Crippen molar-refractivity contribution in [1.82, 2.24) is 4.90 Å². The molecule has 0 unspecified atom stereocenters. The van der Waals surface area contributed by atoms with E-state index in [4.69, 9.17) is 15.7 Å². The number of likely N-dealkylation sites (tertiary alicyclic amines) is 1. The highest BCUT2D eigenvalue weighted by atomic mass is 16.4. The number of piperidine rings is 1. The predicted molar refractivity (Wildman–Crippen MR) is 52.9 cm³/mol. The molecule has 0 radical (unpaired) electrons. The molecule has 0 spiro atoms. The summed E-state index contributed by atoms with van der Waals surface area (Å²) in [6.45, 7) is 1.65. The fourth-order valence-corrected chi connectivity index (χ4v) is 1.92. The van der Waals surface area contributed by atoms with Crippen molar-refractivity contribution in [1.29, 1.82) is 0 Å². The van der Waals surface area contributed by atoms with Crippen molar-refractivity contribution in [2.75, 3.05) is 6.54 Å². The molecule has 2 atom stereocenters. The maximum Gasteiger partial charge on any atom is 0.407 e. The lowest BCUT2D eigenvalue weighted by Gasteiger charge is -2.39. The molecule has 88 valence electrons. The molecule has 0 bridgehead atoms. The van der Waals surface area contributed by atoms with Crippen LogP contribution in [-0.4, -0.2) is 45.3 Å². The fraction of sp³-hybridized carbons (Fsp3) is 0.750. The van der Waals surface area contributed by atoms with Gasteiger partial charge in [0, 0.05) is 17.5 Å². The van der Waals surface area contributed by atoms with E-state index in [1.807, 2.05) is 0 Å². The second kappa shape index (κ2) is 4.28. The zero-order chi connectivity index (χ0) is 12.3. The van der Waals surface area contributed by atoms with Crippen LogP contribution in [-0.2, 0) is 4.79 Å². The van der Waals surface area contributed by atoms with E-state index in [1.54, 1.807) is 6.92 Å². The third-order valence-electron chi connectivity index (χ3n) is 2.81. The molecule has 2 N–H and O–H groups in total. The first kappa shape index (κ1) is 12.1. The molecule has 1 amide bonds. The SMILES string of the molecule is C[C@H]1C[C@@](N=[N+]=[N-])(C(=O)O)CCN1C(=O)O. The van der Waals surface area contributed by atoms with Gasteiger partial charge in [-0.25, -0.2) is 4.79 Å². The van der Waals surface area contributed by atoms with Crippen LogP contribution in [0.25, 0.3) is 10.4 Å². The Hall–Kier alpha value is -1.95. The number of nitrogens with zero attached hydrogens (tertiary/aromatic N) is 4. The van der Waals surface area contributed by atoms with E-state index in [2.05, 4.69) is 10.0 Å². The number of hydrogen-bond donors (Lipinski definition) is 2. The summed E-state index contributed by atoms with van der Waals surface area (Å²) in [5.41, 5.74) is 6.85. The van der Waals surface area contributed by atoms with Gasteiger partial charge in [-0.1, -0.05) is 5.11 Å². The Bertz CT molecular complexity index is 361. The van der Waals surface area contributed by atoms with Crippen molar-refractivity contribution in [3.8, 4) is 0 Å². The van der Waals surface area contributed by atoms with Crippen LogP contribution >= 0.6 is 0 Å². The van der Waals surface area contributed by atoms with Crippen LogP contribution < -0.4 is 0 Å². The van der Waals surface area contributed by atoms with E-state index >= 15 is 0 Å². The van der Waals surface area contributed by atoms with Gasteiger partial charge in [-0.15, -0.1) is 0 Å². The Morgan fingerprint density at radius 1 is 1.56 bits per heavy atom. The Morgan fingerprint density at radius 3 is 2.56 bits per heavy atom. The van der Waals surface area contributed by atoms with Crippen molar-refractivity contribution in [2.24, 2.45) is 5.11 Å². The lowest BCUT2D eigenvalue weighted by atomic mass is 9.84. The second-order valence-electron chi connectivity index (χ2n) is 3.81. The molecule has 0 aromatic rings. The van der Waals surface area contributed by atoms with E-state index < -0.39 is 23.6 Å². The van der Waals surface area contributed by atoms with Crippen molar-refractivity contribution in [3.05, 3.63) is 10.4 Å². The summed E-state index contributed by atoms with van der Waals surface area (Å²) >= 11 is 0. The number of hydrogen-bond acceptors (Lipinski definition) is 3. The lowest BCUT2D eigenvalue weighted by Crippen LogP contribution is -2.53. The van der Waals surface area contributed by atoms with E-state index in [0.29, 0.717) is 0 Å². The first-order valence-corrected chi connectivity index (χ1v) is 4.72. The average Bonchev–Trinajstić information content (AvgIpc) is 2.17. The zero-order valence-electron chi connectivity index (χ0n) is 8.70. The van der Waals surface area contributed by atoms with Crippen LogP contribution in [0.1, 0.15) is 19.8 Å². The molecule has 1 aliphatic heterocycles. The van der Waals surface area contributed by atoms with Crippen molar-refractivity contribution >= 4 is 12.1 Å². The molecule has 0 saturated carbocycles. The molecule has 0 aliphatic carbocycles. The summed E-state index contributed by atoms with van der Waals surface area (Å²) in [4.78, 5) is 25.5. The molecule has 1 heterocycles. The first-order chi connectivity index (χ1) is 7.43. The summed E-state index contributed by atoms with van der Waals surface area (Å²) in [5.74, 6) is -1.21. The molecular weight excluding hydrogens is 216 g/mol. The summed E-state index contributed by atoms with van der Waals surface area (Å²) < 4.78 is 0. The van der Waals surface area contributed by atoms with Crippen LogP contribution in [0.2, 0.25) is 0 Å². The minimum Gasteiger partial charge on any atom is -0.481 e. The summed E-state index contributed by atoms with van der Waals surface area (Å²) in [5, 5.41) is 21.2. The molecule has 1 fully saturated rings. The molecular formula is C8H12N4O4. The molecule has 1 aliphatic rings. The maximum absolute atomic E-state index is 11.1. The monoisotopic (exact) mass is 228 g/mol. The quantitative estimate of drug-likeness (QED) is 0.419. The standard InChI is InChI=1S/C8H12N4O4/c1-5-4-8(6(13)14,10-11-9)2-3-12(5)7(15)16/h5H,2-4H2,1H3,(H,13,14)(H,15,16)/t5-,8+/m0/s1. The largest absolute Gasteiger partial charge is 0.481 e. The molecule has 1 rings (SSSR count). The van der Waals surface area contributed by atoms with Crippen molar-refractivity contribution in [3.63, 3.8) is 0 Å². The minimum absolute atomic E-state index is 0.00130. The normalized spacial score (nSPS) is 29.3. The predicted octanol–water partition coefficient (Wildman–Crippen LogP) is 1.28. The fourth-order valence-electron chi connectivity index (χ4n) is 1.92. The van der Waals surface area contributed by atoms with Gasteiger partial charge in [0.2, 0.25) is 0 Å². The highest BCUT2D eigenvalue weighted by Crippen LogP contribution is 2.31. The van der Waals surface area contributed by atoms with E-state index in [-0.39, 0.29) is 19.4 Å². The summed E-state index contributed by atoms with van der Waals surface area (Å²) in [6, 6.07) is -0.479. The number of carboxylic acids is 1. The van der Waals surface area contributed by atoms with Gasteiger partial charge in [-0.3, -0.25) is 4.79 Å². The van der Waals surface area contributed by atoms with E-state index in [9.17, 15) is 9.59 Å². The van der Waals surface area contributed by atoms with Gasteiger partial charge in [0.25, 0.3) is 0 Å². The number of amides is 1. The minimum atomic E-state index is -1.51. The van der Waals surface area contributed by atoms with Crippen LogP contribution in [0.4, 0.5) is 4.79 Å². The molecule has 1 saturated heterocycles. The lowest BCUT2D eigenvalue weighted by molar-refractivity contribution is -0.145. The van der Waals surface area contributed by atoms with Crippen LogP contribution in [0, 0.1) is 0 Å². The van der Waals surface area contributed by atoms with Gasteiger partial charge in [0.05, 0.1) is 0 Å². The average molecular weight is 228 g/mol. The van der Waals surface area contributed by atoms with Gasteiger partial charge >= 0.3 is 12.1 Å². The van der Waals surface area contributed by atoms with Crippen LogP contribution in [0.5, 0.6) is 0 Å². The third-order valence-corrected chi connectivity index (χ3v) is 2.81. The highest BCUT2D eigenvalue weighted by molar-refractivity contribution is 5.79. The van der Waals surface area contributed by atoms with Gasteiger partial charge in [-0.2, -0.15) is 0 Å². The van der Waals surface area contributed by atoms with Gasteiger partial charge in [0.15, 0.2) is 0 Å². The Labute approximate surface area is 91.1 Å². The second-order valence-corrected chi connectivity index (χ2v) is 3.81. The van der Waals surface area contributed by atoms with Crippen molar-refractivity contribution in [2.45, 2.75) is 31.3 Å². The molecule has 0 aromatic carbocycles. The summed E-state index contributed by atoms with van der Waals surface area (Å²) in [7, 11) is 0. The molecule has 0 aromatic heterocycles. The summed E-state index contributed by atoms with van der Waals surface area (Å²) in [6.07, 6.45) is -1.09. The third kappa shape index (κ3) is 2.01. The first-order valence-electron chi connectivity index (χ1n) is 4.72. The molecule has 8 heteroatoms. The van der Waals surface area contributed by atoms with E-state index in [0.717, 1.165) is 4.90 Å². The Balaban J connectivity index is 2.93. The van der Waals surface area contributed by atoms with Gasteiger partial charge in [0.1, 0.15) is 5.54 Å². The Morgan fingerprint density at radius 2 is 2.19 bits per heavy atom. The number of aliphatic carboxylic acids is 1. The number of carboxylic acid groups (broad SMARTS) is 2. The van der Waals surface area contributed by atoms with E-state index in [1.165, 1.54) is 0 Å². The van der Waals surface area contributed by atoms with Crippen LogP contribution in [0.15, 0.2) is 5.11 Å². The van der Waals surface area contributed by atoms with Crippen molar-refractivity contribution < 1.29 is 19.8 Å². The van der Waals surface area contributed by atoms with Gasteiger partial charge in [-0.05, 0) is 25.3 Å². The highest BCUT2D eigenvalue weighted by Gasteiger charge is 2.45. The molecule has 8 nitrogen and oxygen atoms in total. The van der Waals surface area contributed by atoms with Crippen LogP contribution in [0.3, 0.4) is 0 Å². The smallest absolute Gasteiger partial charge is 0.407 e. The topological polar surface area (TPSA) is 127 Å². The molecule has 16 heavy (non-hydrogen) atoms. The van der Waals surface area contributed by atoms with Gasteiger partial charge < -0.3 is 15.1 Å². The Kier molecular flexibility index (Phi) is 3.24. The zero-order valence-corrected chi connectivity index (χ0v) is 8.70. The number of rotatable bonds is 2. The maximum atomic E-state index is 11.1. The number of carbonyl (C=O) groups is 2.